The minimum atomic E-state index is -3.20. The fourth-order valence-electron chi connectivity index (χ4n) is 2.79. The van der Waals surface area contributed by atoms with Crippen molar-refractivity contribution in [1.29, 1.82) is 5.26 Å². The van der Waals surface area contributed by atoms with E-state index in [0.29, 0.717) is 16.7 Å². The van der Waals surface area contributed by atoms with E-state index in [1.165, 1.54) is 0 Å². The van der Waals surface area contributed by atoms with E-state index < -0.39 is 15.9 Å². The molecule has 1 aromatic heterocycles. The van der Waals surface area contributed by atoms with Crippen molar-refractivity contribution in [2.75, 3.05) is 18.1 Å². The molecule has 0 saturated carbocycles. The second kappa shape index (κ2) is 6.09. The molecule has 24 heavy (non-hydrogen) atoms. The van der Waals surface area contributed by atoms with Gasteiger partial charge in [0.25, 0.3) is 5.91 Å². The highest BCUT2D eigenvalue weighted by Crippen LogP contribution is 2.28. The van der Waals surface area contributed by atoms with Gasteiger partial charge in [-0.3, -0.25) is 9.48 Å². The highest BCUT2D eigenvalue weighted by atomic mass is 32.2. The van der Waals surface area contributed by atoms with E-state index in [2.05, 4.69) is 5.10 Å². The Morgan fingerprint density at radius 2 is 2.04 bits per heavy atom. The van der Waals surface area contributed by atoms with Crippen molar-refractivity contribution >= 4 is 15.7 Å². The summed E-state index contributed by atoms with van der Waals surface area (Å²) in [4.78, 5) is 14.4. The number of aromatic nitrogens is 2. The number of carbonyl (C=O) groups excluding carboxylic acids is 1. The van der Waals surface area contributed by atoms with Gasteiger partial charge in [-0.05, 0) is 24.3 Å². The Kier molecular flexibility index (Phi) is 4.11. The van der Waals surface area contributed by atoms with Crippen molar-refractivity contribution in [2.24, 2.45) is 7.05 Å². The predicted molar refractivity (Wildman–Crippen MR) is 86.8 cm³/mol. The molecule has 1 aliphatic rings. The number of hydrogen-bond acceptors (Lipinski definition) is 5. The van der Waals surface area contributed by atoms with Gasteiger partial charge in [-0.15, -0.1) is 0 Å². The monoisotopic (exact) mass is 344 g/mol. The topological polar surface area (TPSA) is 96.1 Å². The summed E-state index contributed by atoms with van der Waals surface area (Å²) in [5, 5.41) is 12.9. The van der Waals surface area contributed by atoms with Crippen LogP contribution in [-0.4, -0.2) is 47.1 Å². The number of nitrogens with zero attached hydrogens (tertiary/aromatic N) is 4. The van der Waals surface area contributed by atoms with Crippen LogP contribution < -0.4 is 0 Å². The first-order valence-corrected chi connectivity index (χ1v) is 9.22. The predicted octanol–water partition coefficient (Wildman–Crippen LogP) is 0.904. The molecule has 1 atom stereocenters. The molecule has 8 heteroatoms. The Bertz CT molecular complexity index is 910. The zero-order valence-corrected chi connectivity index (χ0v) is 13.9. The first kappa shape index (κ1) is 16.2. The summed E-state index contributed by atoms with van der Waals surface area (Å²) in [5.74, 6) is -0.407. The van der Waals surface area contributed by atoms with Crippen LogP contribution in [0.1, 0.15) is 27.5 Å². The van der Waals surface area contributed by atoms with Crippen LogP contribution >= 0.6 is 0 Å². The van der Waals surface area contributed by atoms with E-state index in [-0.39, 0.29) is 24.0 Å². The van der Waals surface area contributed by atoms with Gasteiger partial charge >= 0.3 is 0 Å². The summed E-state index contributed by atoms with van der Waals surface area (Å²) in [6.07, 6.45) is 3.31. The van der Waals surface area contributed by atoms with Gasteiger partial charge in [0, 0.05) is 30.9 Å². The van der Waals surface area contributed by atoms with Gasteiger partial charge in [0.05, 0.1) is 35.4 Å². The Morgan fingerprint density at radius 1 is 1.33 bits per heavy atom. The van der Waals surface area contributed by atoms with Gasteiger partial charge in [-0.1, -0.05) is 0 Å². The summed E-state index contributed by atoms with van der Waals surface area (Å²) in [7, 11) is -1.46. The van der Waals surface area contributed by atoms with Crippen molar-refractivity contribution in [3.63, 3.8) is 0 Å². The minimum Gasteiger partial charge on any atom is -0.329 e. The van der Waals surface area contributed by atoms with Crippen LogP contribution in [0.15, 0.2) is 36.7 Å². The molecule has 1 aliphatic heterocycles. The zero-order chi connectivity index (χ0) is 17.3. The molecule has 0 spiro atoms. The third-order valence-corrected chi connectivity index (χ3v) is 5.69. The second-order valence-corrected chi connectivity index (χ2v) is 7.99. The molecule has 0 aliphatic carbocycles. The van der Waals surface area contributed by atoms with Crippen molar-refractivity contribution in [2.45, 2.75) is 6.04 Å². The van der Waals surface area contributed by atoms with Gasteiger partial charge in [-0.25, -0.2) is 8.42 Å². The molecule has 1 aromatic carbocycles. The first-order valence-electron chi connectivity index (χ1n) is 7.40. The lowest BCUT2D eigenvalue weighted by Gasteiger charge is -2.35. The van der Waals surface area contributed by atoms with E-state index in [4.69, 9.17) is 5.26 Å². The van der Waals surface area contributed by atoms with Crippen molar-refractivity contribution < 1.29 is 13.2 Å². The second-order valence-electron chi connectivity index (χ2n) is 5.77. The molecule has 2 aromatic rings. The van der Waals surface area contributed by atoms with Crippen LogP contribution in [0.3, 0.4) is 0 Å². The lowest BCUT2D eigenvalue weighted by molar-refractivity contribution is 0.0697. The van der Waals surface area contributed by atoms with Gasteiger partial charge in [0.1, 0.15) is 0 Å². The maximum absolute atomic E-state index is 12.8. The van der Waals surface area contributed by atoms with E-state index in [0.717, 1.165) is 0 Å². The lowest BCUT2D eigenvalue weighted by Crippen LogP contribution is -2.46. The van der Waals surface area contributed by atoms with Gasteiger partial charge in [0.2, 0.25) is 0 Å². The van der Waals surface area contributed by atoms with E-state index in [1.54, 1.807) is 53.3 Å². The maximum atomic E-state index is 12.8. The molecule has 1 amide bonds. The summed E-state index contributed by atoms with van der Waals surface area (Å²) < 4.78 is 25.6. The van der Waals surface area contributed by atoms with Crippen LogP contribution in [0.4, 0.5) is 0 Å². The molecular weight excluding hydrogens is 328 g/mol. The standard InChI is InChI=1S/C16H16N4O3S/c1-19-10-14(9-18-19)15-11-24(22,23)7-6-20(15)16(21)13-4-2-12(8-17)3-5-13/h2-5,9-10,15H,6-7,11H2,1H3. The Labute approximate surface area is 140 Å². The molecule has 1 saturated heterocycles. The van der Waals surface area contributed by atoms with Crippen LogP contribution in [0, 0.1) is 11.3 Å². The van der Waals surface area contributed by atoms with Gasteiger partial charge in [0.15, 0.2) is 9.84 Å². The molecule has 0 radical (unpaired) electrons. The van der Waals surface area contributed by atoms with Gasteiger partial charge < -0.3 is 4.90 Å². The number of nitriles is 1. The molecular formula is C16H16N4O3S. The molecule has 1 fully saturated rings. The lowest BCUT2D eigenvalue weighted by atomic mass is 10.1. The number of aryl methyl sites for hydroxylation is 1. The third-order valence-electron chi connectivity index (χ3n) is 4.06. The van der Waals surface area contributed by atoms with Gasteiger partial charge in [-0.2, -0.15) is 10.4 Å². The summed E-state index contributed by atoms with van der Waals surface area (Å²) >= 11 is 0. The van der Waals surface area contributed by atoms with Crippen molar-refractivity contribution in [3.05, 3.63) is 53.3 Å². The number of hydrogen-bond donors (Lipinski definition) is 0. The molecule has 7 nitrogen and oxygen atoms in total. The molecule has 1 unspecified atom stereocenters. The molecule has 0 bridgehead atoms. The van der Waals surface area contributed by atoms with Crippen LogP contribution in [0.2, 0.25) is 0 Å². The molecule has 2 heterocycles. The largest absolute Gasteiger partial charge is 0.329 e. The summed E-state index contributed by atoms with van der Waals surface area (Å²) in [6, 6.07) is 7.78. The van der Waals surface area contributed by atoms with E-state index in [1.807, 2.05) is 6.07 Å². The Morgan fingerprint density at radius 3 is 2.62 bits per heavy atom. The van der Waals surface area contributed by atoms with E-state index >= 15 is 0 Å². The molecule has 124 valence electrons. The number of carbonyl (C=O) groups is 1. The highest BCUT2D eigenvalue weighted by Gasteiger charge is 2.36. The number of benzene rings is 1. The third kappa shape index (κ3) is 3.16. The van der Waals surface area contributed by atoms with Crippen molar-refractivity contribution in [1.82, 2.24) is 14.7 Å². The Hall–Kier alpha value is -2.66. The average Bonchev–Trinajstić information content (AvgIpc) is 3.00. The average molecular weight is 344 g/mol. The SMILES string of the molecule is Cn1cc(C2CS(=O)(=O)CCN2C(=O)c2ccc(C#N)cc2)cn1. The fraction of sp³-hybridized carbons (Fsp3) is 0.312. The van der Waals surface area contributed by atoms with Crippen LogP contribution in [0.5, 0.6) is 0 Å². The minimum absolute atomic E-state index is 0.0498. The highest BCUT2D eigenvalue weighted by molar-refractivity contribution is 7.91. The van der Waals surface area contributed by atoms with Crippen LogP contribution in [0.25, 0.3) is 0 Å². The number of amides is 1. The van der Waals surface area contributed by atoms with E-state index in [9.17, 15) is 13.2 Å². The first-order chi connectivity index (χ1) is 11.4. The maximum Gasteiger partial charge on any atom is 0.254 e. The smallest absolute Gasteiger partial charge is 0.254 e. The normalized spacial score (nSPS) is 19.7. The number of rotatable bonds is 2. The quantitative estimate of drug-likeness (QED) is 0.806. The summed E-state index contributed by atoms with van der Waals surface area (Å²) in [6.45, 7) is 0.140. The van der Waals surface area contributed by atoms with Crippen LogP contribution in [-0.2, 0) is 16.9 Å². The summed E-state index contributed by atoms with van der Waals surface area (Å²) in [5.41, 5.74) is 1.60. The zero-order valence-electron chi connectivity index (χ0n) is 13.1. The fourth-order valence-corrected chi connectivity index (χ4v) is 4.29. The Balaban J connectivity index is 1.94. The van der Waals surface area contributed by atoms with Crippen molar-refractivity contribution in [3.8, 4) is 6.07 Å². The number of sulfone groups is 1. The molecule has 0 N–H and O–H groups in total. The molecule has 3 rings (SSSR count).